The molecule has 2 aromatic rings. The fourth-order valence-electron chi connectivity index (χ4n) is 2.64. The van der Waals surface area contributed by atoms with Crippen LogP contribution < -0.4 is 5.73 Å². The first kappa shape index (κ1) is 13.0. The van der Waals surface area contributed by atoms with Crippen LogP contribution in [0.1, 0.15) is 5.01 Å². The first-order valence-corrected chi connectivity index (χ1v) is 7.55. The largest absolute Gasteiger partial charge is 0.329 e. The lowest BCUT2D eigenvalue weighted by Crippen LogP contribution is -2.54. The van der Waals surface area contributed by atoms with Crippen molar-refractivity contribution in [3.05, 3.63) is 29.3 Å². The molecule has 5 heteroatoms. The monoisotopic (exact) mass is 276 g/mol. The van der Waals surface area contributed by atoms with Crippen LogP contribution in [-0.4, -0.2) is 54.1 Å². The summed E-state index contributed by atoms with van der Waals surface area (Å²) in [4.78, 5) is 9.54. The van der Waals surface area contributed by atoms with Gasteiger partial charge in [-0.05, 0) is 19.2 Å². The normalized spacial score (nSPS) is 22.1. The van der Waals surface area contributed by atoms with Crippen LogP contribution in [0.2, 0.25) is 0 Å². The van der Waals surface area contributed by atoms with E-state index >= 15 is 0 Å². The molecule has 2 N–H and O–H groups in total. The van der Waals surface area contributed by atoms with Gasteiger partial charge in [0.2, 0.25) is 0 Å². The smallest absolute Gasteiger partial charge is 0.108 e. The van der Waals surface area contributed by atoms with Gasteiger partial charge >= 0.3 is 0 Å². The van der Waals surface area contributed by atoms with E-state index in [4.69, 9.17) is 10.7 Å². The van der Waals surface area contributed by atoms with Crippen LogP contribution in [-0.2, 0) is 6.54 Å². The maximum absolute atomic E-state index is 5.90. The molecule has 1 aliphatic heterocycles. The first-order valence-electron chi connectivity index (χ1n) is 6.73. The molecule has 1 aromatic carbocycles. The Morgan fingerprint density at radius 1 is 1.37 bits per heavy atom. The maximum atomic E-state index is 5.90. The van der Waals surface area contributed by atoms with E-state index in [1.807, 2.05) is 6.07 Å². The number of rotatable bonds is 3. The molecule has 1 unspecified atom stereocenters. The molecule has 1 aromatic heterocycles. The average Bonchev–Trinajstić information content (AvgIpc) is 2.83. The molecule has 1 aliphatic rings. The molecule has 0 amide bonds. The minimum absolute atomic E-state index is 0.450. The van der Waals surface area contributed by atoms with Gasteiger partial charge in [-0.15, -0.1) is 11.3 Å². The second-order valence-electron chi connectivity index (χ2n) is 5.20. The summed E-state index contributed by atoms with van der Waals surface area (Å²) in [6, 6.07) is 8.79. The summed E-state index contributed by atoms with van der Waals surface area (Å²) in [7, 11) is 2.16. The van der Waals surface area contributed by atoms with Crippen molar-refractivity contribution in [2.75, 3.05) is 33.2 Å². The molecule has 102 valence electrons. The van der Waals surface area contributed by atoms with Crippen molar-refractivity contribution in [1.82, 2.24) is 14.8 Å². The maximum Gasteiger partial charge on any atom is 0.108 e. The van der Waals surface area contributed by atoms with Crippen LogP contribution in [0.3, 0.4) is 0 Å². The minimum Gasteiger partial charge on any atom is -0.329 e. The number of nitrogens with two attached hydrogens (primary N) is 1. The summed E-state index contributed by atoms with van der Waals surface area (Å²) in [5.41, 5.74) is 7.01. The predicted octanol–water partition coefficient (Wildman–Crippen LogP) is 1.37. The Morgan fingerprint density at radius 2 is 2.21 bits per heavy atom. The zero-order chi connectivity index (χ0) is 13.2. The Labute approximate surface area is 117 Å². The van der Waals surface area contributed by atoms with Gasteiger partial charge in [0, 0.05) is 32.2 Å². The standard InChI is InChI=1S/C14H20N4S/c1-17-6-7-18(11(8-15)9-17)10-14-16-12-4-2-3-5-13(12)19-14/h2-5,11H,6-10,15H2,1H3. The van der Waals surface area contributed by atoms with Gasteiger partial charge in [-0.2, -0.15) is 0 Å². The Morgan fingerprint density at radius 3 is 3.00 bits per heavy atom. The van der Waals surface area contributed by atoms with Gasteiger partial charge in [0.05, 0.1) is 16.8 Å². The lowest BCUT2D eigenvalue weighted by molar-refractivity contribution is 0.0881. The number of fused-ring (bicyclic) bond motifs is 1. The Kier molecular flexibility index (Phi) is 3.79. The van der Waals surface area contributed by atoms with Crippen molar-refractivity contribution < 1.29 is 0 Å². The third-order valence-corrected chi connectivity index (χ3v) is 4.78. The van der Waals surface area contributed by atoms with E-state index in [2.05, 4.69) is 35.0 Å². The number of thiazole rings is 1. The van der Waals surface area contributed by atoms with E-state index in [9.17, 15) is 0 Å². The van der Waals surface area contributed by atoms with E-state index in [0.717, 1.165) is 38.2 Å². The van der Waals surface area contributed by atoms with Crippen molar-refractivity contribution in [2.24, 2.45) is 5.73 Å². The summed E-state index contributed by atoms with van der Waals surface area (Å²) in [6.07, 6.45) is 0. The number of hydrogen-bond acceptors (Lipinski definition) is 5. The van der Waals surface area contributed by atoms with Crippen LogP contribution in [0.15, 0.2) is 24.3 Å². The summed E-state index contributed by atoms with van der Waals surface area (Å²) >= 11 is 1.80. The molecule has 1 saturated heterocycles. The molecule has 0 bridgehead atoms. The number of nitrogens with zero attached hydrogens (tertiary/aromatic N) is 3. The fraction of sp³-hybridized carbons (Fsp3) is 0.500. The van der Waals surface area contributed by atoms with Gasteiger partial charge < -0.3 is 10.6 Å². The molecule has 0 saturated carbocycles. The second kappa shape index (κ2) is 5.54. The lowest BCUT2D eigenvalue weighted by atomic mass is 10.2. The van der Waals surface area contributed by atoms with Crippen molar-refractivity contribution in [1.29, 1.82) is 0 Å². The van der Waals surface area contributed by atoms with Crippen LogP contribution in [0.25, 0.3) is 10.2 Å². The van der Waals surface area contributed by atoms with Gasteiger partial charge in [0.25, 0.3) is 0 Å². The third-order valence-electron chi connectivity index (χ3n) is 3.76. The molecular formula is C14H20N4S. The summed E-state index contributed by atoms with van der Waals surface area (Å²) < 4.78 is 1.27. The molecule has 0 spiro atoms. The number of para-hydroxylation sites is 1. The minimum atomic E-state index is 0.450. The molecule has 0 aliphatic carbocycles. The van der Waals surface area contributed by atoms with Gasteiger partial charge in [0.15, 0.2) is 0 Å². The van der Waals surface area contributed by atoms with Crippen molar-refractivity contribution >= 4 is 21.6 Å². The highest BCUT2D eigenvalue weighted by atomic mass is 32.1. The zero-order valence-electron chi connectivity index (χ0n) is 11.2. The number of likely N-dealkylation sites (N-methyl/N-ethyl adjacent to an activating group) is 1. The summed E-state index contributed by atoms with van der Waals surface area (Å²) in [5.74, 6) is 0. The van der Waals surface area contributed by atoms with Crippen LogP contribution >= 0.6 is 11.3 Å². The van der Waals surface area contributed by atoms with Gasteiger partial charge in [-0.25, -0.2) is 4.98 Å². The Hall–Kier alpha value is -1.01. The third kappa shape index (κ3) is 2.79. The van der Waals surface area contributed by atoms with Crippen LogP contribution in [0.5, 0.6) is 0 Å². The van der Waals surface area contributed by atoms with Gasteiger partial charge in [-0.3, -0.25) is 4.90 Å². The SMILES string of the molecule is CN1CCN(Cc2nc3ccccc3s2)C(CN)C1. The molecule has 2 heterocycles. The first-order chi connectivity index (χ1) is 9.26. The Bertz CT molecular complexity index is 520. The van der Waals surface area contributed by atoms with E-state index in [-0.39, 0.29) is 0 Å². The number of hydrogen-bond donors (Lipinski definition) is 1. The highest BCUT2D eigenvalue weighted by Crippen LogP contribution is 2.23. The zero-order valence-corrected chi connectivity index (χ0v) is 12.1. The lowest BCUT2D eigenvalue weighted by Gasteiger charge is -2.39. The topological polar surface area (TPSA) is 45.4 Å². The van der Waals surface area contributed by atoms with Gasteiger partial charge in [0.1, 0.15) is 5.01 Å². The molecule has 19 heavy (non-hydrogen) atoms. The van der Waals surface area contributed by atoms with Crippen LogP contribution in [0.4, 0.5) is 0 Å². The van der Waals surface area contributed by atoms with E-state index in [1.54, 1.807) is 11.3 Å². The van der Waals surface area contributed by atoms with E-state index < -0.39 is 0 Å². The Balaban J connectivity index is 1.76. The predicted molar refractivity (Wildman–Crippen MR) is 80.4 cm³/mol. The van der Waals surface area contributed by atoms with Crippen molar-refractivity contribution in [3.8, 4) is 0 Å². The molecule has 1 atom stereocenters. The molecule has 3 rings (SSSR count). The van der Waals surface area contributed by atoms with E-state index in [1.165, 1.54) is 9.71 Å². The highest BCUT2D eigenvalue weighted by Gasteiger charge is 2.24. The molecular weight excluding hydrogens is 256 g/mol. The number of benzene rings is 1. The number of aromatic nitrogens is 1. The van der Waals surface area contributed by atoms with Crippen molar-refractivity contribution in [3.63, 3.8) is 0 Å². The summed E-state index contributed by atoms with van der Waals surface area (Å²) in [5, 5.41) is 1.20. The quantitative estimate of drug-likeness (QED) is 0.920. The molecule has 0 radical (unpaired) electrons. The van der Waals surface area contributed by atoms with E-state index in [0.29, 0.717) is 6.04 Å². The summed E-state index contributed by atoms with van der Waals surface area (Å²) in [6.45, 7) is 4.89. The van der Waals surface area contributed by atoms with Gasteiger partial charge in [-0.1, -0.05) is 12.1 Å². The fourth-order valence-corrected chi connectivity index (χ4v) is 3.63. The second-order valence-corrected chi connectivity index (χ2v) is 6.31. The molecule has 1 fully saturated rings. The average molecular weight is 276 g/mol. The van der Waals surface area contributed by atoms with Crippen LogP contribution in [0, 0.1) is 0 Å². The van der Waals surface area contributed by atoms with Crippen molar-refractivity contribution in [2.45, 2.75) is 12.6 Å². The molecule has 4 nitrogen and oxygen atoms in total. The highest BCUT2D eigenvalue weighted by molar-refractivity contribution is 7.18. The number of piperazine rings is 1.